The van der Waals surface area contributed by atoms with Crippen molar-refractivity contribution in [2.45, 2.75) is 29.7 Å². The van der Waals surface area contributed by atoms with Gasteiger partial charge >= 0.3 is 5.51 Å². The molecule has 0 aliphatic carbocycles. The predicted octanol–water partition coefficient (Wildman–Crippen LogP) is 5.08. The molecule has 3 N–H and O–H groups in total. The highest BCUT2D eigenvalue weighted by Gasteiger charge is 2.33. The Hall–Kier alpha value is -3.56. The number of carbonyl (C=O) groups is 1. The van der Waals surface area contributed by atoms with E-state index in [4.69, 9.17) is 9.15 Å². The van der Waals surface area contributed by atoms with Crippen molar-refractivity contribution in [3.63, 3.8) is 0 Å². The van der Waals surface area contributed by atoms with E-state index in [2.05, 4.69) is 39.4 Å². The summed E-state index contributed by atoms with van der Waals surface area (Å²) in [6, 6.07) is 5.63. The molecule has 1 aliphatic rings. The van der Waals surface area contributed by atoms with Crippen molar-refractivity contribution >= 4 is 34.3 Å². The Kier molecular flexibility index (Phi) is 10.2. The Bertz CT molecular complexity index is 1310. The number of furan rings is 1. The van der Waals surface area contributed by atoms with Gasteiger partial charge in [-0.1, -0.05) is 18.4 Å². The fourth-order valence-corrected chi connectivity index (χ4v) is 4.36. The Labute approximate surface area is 222 Å². The van der Waals surface area contributed by atoms with Gasteiger partial charge in [-0.25, -0.2) is 4.98 Å². The minimum Gasteiger partial charge on any atom is -0.504 e. The third kappa shape index (κ3) is 7.97. The van der Waals surface area contributed by atoms with Crippen LogP contribution in [0, 0.1) is 11.8 Å². The fourth-order valence-electron chi connectivity index (χ4n) is 3.67. The molecule has 1 amide bonds. The number of ether oxygens (including phenoxy) is 1. The molecule has 1 fully saturated rings. The number of pyridine rings is 1. The minimum absolute atomic E-state index is 0.0778. The molecule has 0 spiro atoms. The summed E-state index contributed by atoms with van der Waals surface area (Å²) in [5.41, 5.74) is -3.97. The van der Waals surface area contributed by atoms with Gasteiger partial charge < -0.3 is 29.8 Å². The largest absolute Gasteiger partial charge is 0.504 e. The predicted molar refractivity (Wildman–Crippen MR) is 141 cm³/mol. The normalized spacial score (nSPS) is 13.6. The van der Waals surface area contributed by atoms with E-state index in [0.29, 0.717) is 11.4 Å². The highest BCUT2D eigenvalue weighted by molar-refractivity contribution is 8.00. The Balaban J connectivity index is 0.000000494. The van der Waals surface area contributed by atoms with Crippen LogP contribution in [0.15, 0.2) is 39.8 Å². The molecule has 12 heteroatoms. The van der Waals surface area contributed by atoms with Crippen LogP contribution >= 0.6 is 11.8 Å². The summed E-state index contributed by atoms with van der Waals surface area (Å²) in [6.45, 7) is 2.45. The second-order valence-corrected chi connectivity index (χ2v) is 9.39. The van der Waals surface area contributed by atoms with Gasteiger partial charge in [0, 0.05) is 19.5 Å². The number of anilines is 1. The van der Waals surface area contributed by atoms with Crippen LogP contribution < -0.4 is 15.4 Å². The van der Waals surface area contributed by atoms with Gasteiger partial charge in [-0.2, -0.15) is 13.2 Å². The molecule has 204 valence electrons. The molecule has 8 nitrogen and oxygen atoms in total. The molecule has 1 aromatic carbocycles. The van der Waals surface area contributed by atoms with Crippen molar-refractivity contribution in [3.05, 3.63) is 41.9 Å². The van der Waals surface area contributed by atoms with Gasteiger partial charge in [-0.05, 0) is 68.9 Å². The first-order valence-electron chi connectivity index (χ1n) is 11.8. The minimum atomic E-state index is -4.56. The van der Waals surface area contributed by atoms with Crippen LogP contribution in [0.25, 0.3) is 11.0 Å². The number of likely N-dealkylation sites (tertiary alicyclic amines) is 1. The summed E-state index contributed by atoms with van der Waals surface area (Å²) in [5.74, 6) is 4.53. The summed E-state index contributed by atoms with van der Waals surface area (Å²) in [5, 5.41) is 15.3. The number of halogens is 3. The number of hydrogen-bond donors (Lipinski definition) is 3. The number of aromatic nitrogens is 1. The summed E-state index contributed by atoms with van der Waals surface area (Å²) in [7, 11) is 5.30. The first-order chi connectivity index (χ1) is 18.1. The lowest BCUT2D eigenvalue weighted by atomic mass is 10.1. The lowest BCUT2D eigenvalue weighted by molar-refractivity contribution is -0.0328. The van der Waals surface area contributed by atoms with Crippen molar-refractivity contribution in [2.75, 3.05) is 46.2 Å². The maximum Gasteiger partial charge on any atom is 0.446 e. The lowest BCUT2D eigenvalue weighted by Crippen LogP contribution is -2.24. The highest BCUT2D eigenvalue weighted by Crippen LogP contribution is 2.45. The van der Waals surface area contributed by atoms with Gasteiger partial charge in [0.1, 0.15) is 12.3 Å². The number of phenols is 1. The van der Waals surface area contributed by atoms with E-state index in [0.717, 1.165) is 0 Å². The molecule has 1 aliphatic heterocycles. The Morgan fingerprint density at radius 3 is 2.61 bits per heavy atom. The van der Waals surface area contributed by atoms with Crippen LogP contribution in [-0.4, -0.2) is 67.2 Å². The van der Waals surface area contributed by atoms with Crippen LogP contribution in [0.1, 0.15) is 35.5 Å². The number of nitrogens with zero attached hydrogens (tertiary/aromatic N) is 2. The van der Waals surface area contributed by atoms with E-state index in [1.807, 2.05) is 0 Å². The molecule has 0 bridgehead atoms. The van der Waals surface area contributed by atoms with Crippen LogP contribution in [-0.2, 0) is 0 Å². The zero-order chi connectivity index (χ0) is 27.7. The molecule has 3 heterocycles. The summed E-state index contributed by atoms with van der Waals surface area (Å²) >= 11 is -0.367. The Morgan fingerprint density at radius 1 is 1.26 bits per heavy atom. The first-order valence-corrected chi connectivity index (χ1v) is 12.6. The number of hydrogen-bond acceptors (Lipinski definition) is 8. The number of thioether (sulfide) groups is 1. The zero-order valence-electron chi connectivity index (χ0n) is 21.2. The first kappa shape index (κ1) is 29.0. The summed E-state index contributed by atoms with van der Waals surface area (Å²) < 4.78 is 49.8. The second-order valence-electron chi connectivity index (χ2n) is 8.31. The molecule has 3 aromatic rings. The maximum atomic E-state index is 13.0. The van der Waals surface area contributed by atoms with Gasteiger partial charge in [-0.3, -0.25) is 4.79 Å². The summed E-state index contributed by atoms with van der Waals surface area (Å²) in [6.07, 6.45) is 5.61. The van der Waals surface area contributed by atoms with Crippen molar-refractivity contribution in [1.29, 1.82) is 0 Å². The molecule has 2 aromatic heterocycles. The second kappa shape index (κ2) is 13.3. The van der Waals surface area contributed by atoms with Crippen molar-refractivity contribution in [3.8, 4) is 23.3 Å². The number of benzene rings is 1. The quantitative estimate of drug-likeness (QED) is 0.299. The number of aromatic hydroxyl groups is 1. The number of amides is 1. The van der Waals surface area contributed by atoms with E-state index >= 15 is 0 Å². The van der Waals surface area contributed by atoms with Gasteiger partial charge in [0.05, 0.1) is 16.8 Å². The Morgan fingerprint density at radius 2 is 2.00 bits per heavy atom. The van der Waals surface area contributed by atoms with Gasteiger partial charge in [-0.15, -0.1) is 0 Å². The standard InChI is InChI=1S/C20H16F3N3O4S.C6H13N/c1-24-12-9-13(19(28)25-2)26-10-16(12)29-8-4-7-15-18(31-20(21,22)23)11-5-3-6-14(27)17(11)30-15;1-7-5-3-2-4-6-7/h3,5-6,9-10,27H,8H2,1-2H3,(H,24,26)(H,25,28);2-6H2,1H3. The smallest absolute Gasteiger partial charge is 0.446 e. The molecular formula is C26H29F3N4O4S. The molecule has 1 saturated heterocycles. The average Bonchev–Trinajstić information content (AvgIpc) is 3.24. The summed E-state index contributed by atoms with van der Waals surface area (Å²) in [4.78, 5) is 17.8. The maximum absolute atomic E-state index is 13.0. The zero-order valence-corrected chi connectivity index (χ0v) is 22.1. The van der Waals surface area contributed by atoms with Crippen LogP contribution in [0.4, 0.5) is 18.9 Å². The number of para-hydroxylation sites is 1. The third-order valence-electron chi connectivity index (χ3n) is 5.54. The topological polar surface area (TPSA) is 99.9 Å². The number of piperidine rings is 1. The SMILES string of the molecule is CN1CCCCC1.CNC(=O)c1cc(NC)c(OCC#Cc2oc3c(O)cccc3c2SC(F)(F)F)cn1. The number of alkyl halides is 3. The van der Waals surface area contributed by atoms with Crippen molar-refractivity contribution < 1.29 is 32.2 Å². The number of phenolic OH excluding ortho intramolecular Hbond substituents is 1. The van der Waals surface area contributed by atoms with E-state index in [9.17, 15) is 23.1 Å². The molecule has 0 unspecified atom stereocenters. The molecule has 0 atom stereocenters. The monoisotopic (exact) mass is 550 g/mol. The molecule has 0 radical (unpaired) electrons. The highest BCUT2D eigenvalue weighted by atomic mass is 32.2. The van der Waals surface area contributed by atoms with Gasteiger partial charge in [0.25, 0.3) is 5.91 Å². The van der Waals surface area contributed by atoms with Gasteiger partial charge in [0.2, 0.25) is 0 Å². The number of fused-ring (bicyclic) bond motifs is 1. The van der Waals surface area contributed by atoms with Gasteiger partial charge in [0.15, 0.2) is 22.8 Å². The molecular weight excluding hydrogens is 521 g/mol. The molecule has 4 rings (SSSR count). The fraction of sp³-hybridized carbons (Fsp3) is 0.385. The van der Waals surface area contributed by atoms with E-state index in [1.54, 1.807) is 7.05 Å². The molecule has 0 saturated carbocycles. The van der Waals surface area contributed by atoms with E-state index < -0.39 is 5.51 Å². The van der Waals surface area contributed by atoms with Crippen molar-refractivity contribution in [2.24, 2.45) is 0 Å². The van der Waals surface area contributed by atoms with Crippen LogP contribution in [0.3, 0.4) is 0 Å². The number of nitrogens with one attached hydrogen (secondary N) is 2. The van der Waals surface area contributed by atoms with Crippen molar-refractivity contribution in [1.82, 2.24) is 15.2 Å². The van der Waals surface area contributed by atoms with E-state index in [1.165, 1.54) is 69.9 Å². The molecule has 38 heavy (non-hydrogen) atoms. The van der Waals surface area contributed by atoms with Crippen LogP contribution in [0.2, 0.25) is 0 Å². The average molecular weight is 551 g/mol. The third-order valence-corrected chi connectivity index (χ3v) is 6.39. The number of rotatable bonds is 5. The lowest BCUT2D eigenvalue weighted by Gasteiger charge is -2.20. The van der Waals surface area contributed by atoms with Crippen LogP contribution in [0.5, 0.6) is 11.5 Å². The number of carbonyl (C=O) groups excluding carboxylic acids is 1. The van der Waals surface area contributed by atoms with E-state index in [-0.39, 0.29) is 57.3 Å².